The van der Waals surface area contributed by atoms with Crippen LogP contribution in [0, 0.1) is 0 Å². The number of rotatable bonds is 8. The predicted octanol–water partition coefficient (Wildman–Crippen LogP) is 5.59. The van der Waals surface area contributed by atoms with Crippen LogP contribution in [0.15, 0.2) is 43.5 Å². The summed E-state index contributed by atoms with van der Waals surface area (Å²) in [6.07, 6.45) is 2.18. The summed E-state index contributed by atoms with van der Waals surface area (Å²) in [5.41, 5.74) is 3.48. The lowest BCUT2D eigenvalue weighted by molar-refractivity contribution is 0.0237. The number of carbonyl (C=O) groups is 1. The Morgan fingerprint density at radius 1 is 1.29 bits per heavy atom. The van der Waals surface area contributed by atoms with Gasteiger partial charge in [-0.1, -0.05) is 30.9 Å². The van der Waals surface area contributed by atoms with E-state index < -0.39 is 5.60 Å². The van der Waals surface area contributed by atoms with Crippen LogP contribution in [0.4, 0.5) is 4.79 Å². The molecule has 0 aliphatic heterocycles. The molecule has 0 spiro atoms. The van der Waals surface area contributed by atoms with Crippen LogP contribution in [0.3, 0.4) is 0 Å². The second-order valence-electron chi connectivity index (χ2n) is 7.95. The molecule has 0 N–H and O–H groups in total. The number of para-hydroxylation sites is 1. The van der Waals surface area contributed by atoms with Crippen LogP contribution in [-0.2, 0) is 22.7 Å². The second-order valence-corrected chi connectivity index (χ2v) is 7.95. The van der Waals surface area contributed by atoms with Gasteiger partial charge in [-0.05, 0) is 45.8 Å². The quantitative estimate of drug-likeness (QED) is 0.557. The molecule has 5 heteroatoms. The highest BCUT2D eigenvalue weighted by molar-refractivity contribution is 5.90. The molecule has 0 saturated carbocycles. The number of amides is 1. The van der Waals surface area contributed by atoms with Crippen molar-refractivity contribution in [3.05, 3.63) is 54.8 Å². The molecule has 0 unspecified atom stereocenters. The SMILES string of the molecule is C=CCCN(Cc1c(C(=C)C)n(COC)c2ccccc12)C(=O)OC(C)(C)C. The molecule has 0 bridgehead atoms. The molecule has 1 heterocycles. The van der Waals surface area contributed by atoms with Crippen molar-refractivity contribution in [3.63, 3.8) is 0 Å². The summed E-state index contributed by atoms with van der Waals surface area (Å²) in [5, 5.41) is 1.09. The third-order valence-corrected chi connectivity index (χ3v) is 4.34. The number of nitrogens with zero attached hydrogens (tertiary/aromatic N) is 2. The van der Waals surface area contributed by atoms with Crippen molar-refractivity contribution < 1.29 is 14.3 Å². The Labute approximate surface area is 168 Å². The minimum absolute atomic E-state index is 0.328. The smallest absolute Gasteiger partial charge is 0.410 e. The summed E-state index contributed by atoms with van der Waals surface area (Å²) in [6.45, 7) is 16.9. The zero-order chi connectivity index (χ0) is 20.9. The third-order valence-electron chi connectivity index (χ3n) is 4.34. The summed E-state index contributed by atoms with van der Waals surface area (Å²) in [7, 11) is 1.67. The number of aromatic nitrogens is 1. The van der Waals surface area contributed by atoms with E-state index in [0.29, 0.717) is 26.2 Å². The molecule has 28 heavy (non-hydrogen) atoms. The zero-order valence-electron chi connectivity index (χ0n) is 17.7. The average molecular weight is 385 g/mol. The van der Waals surface area contributed by atoms with E-state index in [9.17, 15) is 4.79 Å². The summed E-state index contributed by atoms with van der Waals surface area (Å²) in [4.78, 5) is 14.6. The lowest BCUT2D eigenvalue weighted by Crippen LogP contribution is -2.37. The normalized spacial score (nSPS) is 11.5. The molecular weight excluding hydrogens is 352 g/mol. The molecular formula is C23H32N2O3. The molecule has 0 fully saturated rings. The number of hydrogen-bond acceptors (Lipinski definition) is 3. The highest BCUT2D eigenvalue weighted by Gasteiger charge is 2.25. The summed E-state index contributed by atoms with van der Waals surface area (Å²) in [5.74, 6) is 0. The van der Waals surface area contributed by atoms with Crippen LogP contribution in [0.25, 0.3) is 16.5 Å². The Balaban J connectivity index is 2.54. The Morgan fingerprint density at radius 2 is 1.96 bits per heavy atom. The molecule has 152 valence electrons. The first-order valence-electron chi connectivity index (χ1n) is 9.53. The fourth-order valence-electron chi connectivity index (χ4n) is 3.29. The van der Waals surface area contributed by atoms with E-state index in [1.165, 1.54) is 0 Å². The molecule has 1 amide bonds. The van der Waals surface area contributed by atoms with Gasteiger partial charge in [-0.15, -0.1) is 6.58 Å². The van der Waals surface area contributed by atoms with Gasteiger partial charge in [0.25, 0.3) is 0 Å². The maximum atomic E-state index is 12.8. The van der Waals surface area contributed by atoms with E-state index in [1.54, 1.807) is 12.0 Å². The molecule has 0 aliphatic carbocycles. The van der Waals surface area contributed by atoms with Crippen molar-refractivity contribution in [1.82, 2.24) is 9.47 Å². The van der Waals surface area contributed by atoms with Crippen LogP contribution in [0.1, 0.15) is 45.4 Å². The van der Waals surface area contributed by atoms with Gasteiger partial charge >= 0.3 is 6.09 Å². The van der Waals surface area contributed by atoms with Gasteiger partial charge in [0.2, 0.25) is 0 Å². The van der Waals surface area contributed by atoms with Crippen molar-refractivity contribution in [2.24, 2.45) is 0 Å². The Bertz CT molecular complexity index is 859. The van der Waals surface area contributed by atoms with Crippen LogP contribution >= 0.6 is 0 Å². The third kappa shape index (κ3) is 5.04. The first-order valence-corrected chi connectivity index (χ1v) is 9.53. The first kappa shape index (κ1) is 21.8. The Morgan fingerprint density at radius 3 is 2.54 bits per heavy atom. The maximum Gasteiger partial charge on any atom is 0.410 e. The molecule has 2 rings (SSSR count). The van der Waals surface area contributed by atoms with Gasteiger partial charge in [-0.3, -0.25) is 0 Å². The van der Waals surface area contributed by atoms with Crippen molar-refractivity contribution in [1.29, 1.82) is 0 Å². The van der Waals surface area contributed by atoms with Crippen molar-refractivity contribution in [3.8, 4) is 0 Å². The summed E-state index contributed by atoms with van der Waals surface area (Å²) >= 11 is 0. The fourth-order valence-corrected chi connectivity index (χ4v) is 3.29. The minimum atomic E-state index is -0.551. The molecule has 1 aromatic heterocycles. The average Bonchev–Trinajstić information content (AvgIpc) is 2.91. The largest absolute Gasteiger partial charge is 0.444 e. The highest BCUT2D eigenvalue weighted by Crippen LogP contribution is 2.32. The minimum Gasteiger partial charge on any atom is -0.444 e. The van der Waals surface area contributed by atoms with Gasteiger partial charge in [0.1, 0.15) is 12.3 Å². The number of allylic oxidation sites excluding steroid dienone is 1. The van der Waals surface area contributed by atoms with Gasteiger partial charge in [0, 0.05) is 24.6 Å². The number of benzene rings is 1. The van der Waals surface area contributed by atoms with Crippen LogP contribution < -0.4 is 0 Å². The molecule has 0 atom stereocenters. The van der Waals surface area contributed by atoms with E-state index >= 15 is 0 Å². The summed E-state index contributed by atoms with van der Waals surface area (Å²) < 4.78 is 13.2. The molecule has 0 aliphatic rings. The molecule has 2 aromatic rings. The standard InChI is InChI=1S/C23H32N2O3/c1-8-9-14-24(22(26)28-23(4,5)6)15-19-18-12-10-11-13-20(18)25(16-27-7)21(19)17(2)3/h8,10-13H,1-2,9,14-16H2,3-7H3. The number of hydrogen-bond donors (Lipinski definition) is 0. The topological polar surface area (TPSA) is 43.7 Å². The van der Waals surface area contributed by atoms with E-state index in [4.69, 9.17) is 9.47 Å². The lowest BCUT2D eigenvalue weighted by atomic mass is 10.1. The number of carbonyl (C=O) groups excluding carboxylic acids is 1. The Hall–Kier alpha value is -2.53. The lowest BCUT2D eigenvalue weighted by Gasteiger charge is -2.27. The van der Waals surface area contributed by atoms with Crippen molar-refractivity contribution >= 4 is 22.6 Å². The van der Waals surface area contributed by atoms with Gasteiger partial charge in [-0.25, -0.2) is 4.79 Å². The number of fused-ring (bicyclic) bond motifs is 1. The predicted molar refractivity (Wildman–Crippen MR) is 115 cm³/mol. The van der Waals surface area contributed by atoms with Gasteiger partial charge in [0.15, 0.2) is 0 Å². The Kier molecular flexibility index (Phi) is 7.08. The van der Waals surface area contributed by atoms with E-state index in [0.717, 1.165) is 27.7 Å². The van der Waals surface area contributed by atoms with Crippen molar-refractivity contribution in [2.45, 2.75) is 53.0 Å². The summed E-state index contributed by atoms with van der Waals surface area (Å²) in [6, 6.07) is 8.15. The second kappa shape index (κ2) is 9.11. The van der Waals surface area contributed by atoms with Gasteiger partial charge in [0.05, 0.1) is 17.8 Å². The van der Waals surface area contributed by atoms with Crippen LogP contribution in [-0.4, -0.2) is 34.8 Å². The first-order chi connectivity index (χ1) is 13.2. The van der Waals surface area contributed by atoms with Crippen LogP contribution in [0.2, 0.25) is 0 Å². The van der Waals surface area contributed by atoms with Gasteiger partial charge in [-0.2, -0.15) is 0 Å². The number of ether oxygens (including phenoxy) is 2. The maximum absolute atomic E-state index is 12.8. The van der Waals surface area contributed by atoms with Crippen molar-refractivity contribution in [2.75, 3.05) is 13.7 Å². The number of methoxy groups -OCH3 is 1. The molecule has 5 nitrogen and oxygen atoms in total. The highest BCUT2D eigenvalue weighted by atomic mass is 16.6. The van der Waals surface area contributed by atoms with E-state index in [-0.39, 0.29) is 6.09 Å². The molecule has 0 saturated heterocycles. The fraction of sp³-hybridized carbons (Fsp3) is 0.435. The molecule has 1 aromatic carbocycles. The van der Waals surface area contributed by atoms with Gasteiger partial charge < -0.3 is 18.9 Å². The monoisotopic (exact) mass is 384 g/mol. The van der Waals surface area contributed by atoms with E-state index in [2.05, 4.69) is 29.9 Å². The van der Waals surface area contributed by atoms with Crippen LogP contribution in [0.5, 0.6) is 0 Å². The zero-order valence-corrected chi connectivity index (χ0v) is 17.7. The van der Waals surface area contributed by atoms with E-state index in [1.807, 2.05) is 45.9 Å². The molecule has 0 radical (unpaired) electrons.